The third kappa shape index (κ3) is 6.12. The minimum absolute atomic E-state index is 0.155. The van der Waals surface area contributed by atoms with Gasteiger partial charge in [0.15, 0.2) is 11.5 Å². The Labute approximate surface area is 207 Å². The van der Waals surface area contributed by atoms with E-state index in [1.807, 2.05) is 49.5 Å². The molecule has 0 aliphatic rings. The van der Waals surface area contributed by atoms with Crippen LogP contribution in [0.4, 0.5) is 4.39 Å². The van der Waals surface area contributed by atoms with Crippen LogP contribution in [0.3, 0.4) is 0 Å². The van der Waals surface area contributed by atoms with E-state index >= 15 is 0 Å². The largest absolute Gasteiger partial charge is 0.490 e. The molecule has 182 valence electrons. The lowest BCUT2D eigenvalue weighted by molar-refractivity contribution is -0.139. The molecular formula is C27H26ClFN2O4. The number of carboxylic acid groups (broad SMARTS) is 1. The van der Waals surface area contributed by atoms with Gasteiger partial charge in [0, 0.05) is 35.6 Å². The molecule has 0 saturated heterocycles. The van der Waals surface area contributed by atoms with E-state index in [4.69, 9.17) is 21.1 Å². The second kappa shape index (κ2) is 11.3. The van der Waals surface area contributed by atoms with Gasteiger partial charge in [-0.25, -0.2) is 4.39 Å². The van der Waals surface area contributed by atoms with Crippen molar-refractivity contribution in [3.05, 3.63) is 94.4 Å². The van der Waals surface area contributed by atoms with Crippen molar-refractivity contribution in [3.8, 4) is 11.5 Å². The highest BCUT2D eigenvalue weighted by Gasteiger charge is 2.19. The fourth-order valence-corrected chi connectivity index (χ4v) is 4.07. The van der Waals surface area contributed by atoms with Gasteiger partial charge in [-0.15, -0.1) is 0 Å². The lowest BCUT2D eigenvalue weighted by atomic mass is 10.0. The first-order valence-electron chi connectivity index (χ1n) is 11.3. The first kappa shape index (κ1) is 24.6. The number of H-pyrrole nitrogens is 1. The zero-order chi connectivity index (χ0) is 24.8. The minimum atomic E-state index is -0.920. The molecule has 8 heteroatoms. The number of nitrogens with one attached hydrogen (secondary N) is 2. The highest BCUT2D eigenvalue weighted by molar-refractivity contribution is 6.31. The Morgan fingerprint density at radius 1 is 1.09 bits per heavy atom. The van der Waals surface area contributed by atoms with Crippen LogP contribution in [-0.4, -0.2) is 28.7 Å². The van der Waals surface area contributed by atoms with Crippen LogP contribution in [0.2, 0.25) is 5.02 Å². The monoisotopic (exact) mass is 496 g/mol. The van der Waals surface area contributed by atoms with Gasteiger partial charge in [0.25, 0.3) is 0 Å². The molecule has 1 heterocycles. The lowest BCUT2D eigenvalue weighted by Crippen LogP contribution is -2.38. The molecule has 0 fully saturated rings. The molecule has 0 aliphatic heterocycles. The van der Waals surface area contributed by atoms with E-state index < -0.39 is 17.8 Å². The number of carbonyl (C=O) groups is 1. The Bertz CT molecular complexity index is 1320. The predicted octanol–water partition coefficient (Wildman–Crippen LogP) is 5.72. The summed E-state index contributed by atoms with van der Waals surface area (Å²) in [6.45, 7) is 2.79. The first-order chi connectivity index (χ1) is 16.9. The molecule has 0 unspecified atom stereocenters. The summed E-state index contributed by atoms with van der Waals surface area (Å²) in [4.78, 5) is 15.1. The van der Waals surface area contributed by atoms with Crippen LogP contribution in [0.25, 0.3) is 10.9 Å². The lowest BCUT2D eigenvalue weighted by Gasteiger charge is -2.17. The fraction of sp³-hybridized carbons (Fsp3) is 0.222. The molecule has 3 aromatic carbocycles. The summed E-state index contributed by atoms with van der Waals surface area (Å²) in [6.07, 6.45) is 2.20. The number of rotatable bonds is 11. The summed E-state index contributed by atoms with van der Waals surface area (Å²) in [5.74, 6) is -0.274. The van der Waals surface area contributed by atoms with Gasteiger partial charge in [-0.2, -0.15) is 0 Å². The van der Waals surface area contributed by atoms with E-state index in [-0.39, 0.29) is 6.61 Å². The molecule has 6 nitrogen and oxygen atoms in total. The SMILES string of the molecule is CCOc1cc(CN[C@H](Cc2c[nH]c3ccccc23)C(=O)O)ccc1OCc1ccc(F)cc1Cl. The molecule has 0 radical (unpaired) electrons. The smallest absolute Gasteiger partial charge is 0.321 e. The third-order valence-electron chi connectivity index (χ3n) is 5.66. The van der Waals surface area contributed by atoms with Crippen molar-refractivity contribution in [3.63, 3.8) is 0 Å². The van der Waals surface area contributed by atoms with Gasteiger partial charge in [0.2, 0.25) is 0 Å². The molecule has 0 amide bonds. The maximum atomic E-state index is 13.3. The Kier molecular flexibility index (Phi) is 7.90. The van der Waals surface area contributed by atoms with Crippen LogP contribution in [-0.2, 0) is 24.4 Å². The van der Waals surface area contributed by atoms with Crippen molar-refractivity contribution >= 4 is 28.5 Å². The average molecular weight is 497 g/mol. The Morgan fingerprint density at radius 2 is 1.91 bits per heavy atom. The van der Waals surface area contributed by atoms with Gasteiger partial charge < -0.3 is 24.9 Å². The standard InChI is InChI=1S/C27H26ClFN2O4/c1-2-34-26-11-17(7-10-25(26)35-16-18-8-9-20(29)13-22(18)28)14-30-24(27(32)33)12-19-15-31-23-6-4-3-5-21(19)23/h3-11,13,15,24,30-31H,2,12,14,16H2,1H3,(H,32,33)/t24-/m1/s1. The van der Waals surface area contributed by atoms with Crippen LogP contribution < -0.4 is 14.8 Å². The number of aromatic amines is 1. The summed E-state index contributed by atoms with van der Waals surface area (Å²) in [6, 6.07) is 16.7. The molecule has 0 spiro atoms. The number of aromatic nitrogens is 1. The predicted molar refractivity (Wildman–Crippen MR) is 134 cm³/mol. The fourth-order valence-electron chi connectivity index (χ4n) is 3.85. The van der Waals surface area contributed by atoms with E-state index in [2.05, 4.69) is 10.3 Å². The van der Waals surface area contributed by atoms with E-state index in [1.165, 1.54) is 12.1 Å². The highest BCUT2D eigenvalue weighted by Crippen LogP contribution is 2.30. The number of hydrogen-bond acceptors (Lipinski definition) is 4. The average Bonchev–Trinajstić information content (AvgIpc) is 3.25. The zero-order valence-electron chi connectivity index (χ0n) is 19.2. The van der Waals surface area contributed by atoms with Gasteiger partial charge in [0.1, 0.15) is 18.5 Å². The van der Waals surface area contributed by atoms with Crippen molar-refractivity contribution in [1.29, 1.82) is 0 Å². The van der Waals surface area contributed by atoms with Gasteiger partial charge in [-0.1, -0.05) is 41.9 Å². The van der Waals surface area contributed by atoms with Gasteiger partial charge in [-0.3, -0.25) is 4.79 Å². The third-order valence-corrected chi connectivity index (χ3v) is 6.01. The van der Waals surface area contributed by atoms with Crippen LogP contribution in [0, 0.1) is 5.82 Å². The van der Waals surface area contributed by atoms with Crippen LogP contribution in [0.5, 0.6) is 11.5 Å². The van der Waals surface area contributed by atoms with E-state index in [0.29, 0.717) is 41.7 Å². The number of aliphatic carboxylic acids is 1. The molecule has 3 N–H and O–H groups in total. The maximum Gasteiger partial charge on any atom is 0.321 e. The summed E-state index contributed by atoms with van der Waals surface area (Å²) in [5.41, 5.74) is 3.43. The first-order valence-corrected chi connectivity index (χ1v) is 11.7. The van der Waals surface area contributed by atoms with E-state index in [9.17, 15) is 14.3 Å². The van der Waals surface area contributed by atoms with Crippen LogP contribution >= 0.6 is 11.6 Å². The number of para-hydroxylation sites is 1. The van der Waals surface area contributed by atoms with Crippen molar-refractivity contribution in [1.82, 2.24) is 10.3 Å². The number of hydrogen-bond donors (Lipinski definition) is 3. The number of fused-ring (bicyclic) bond motifs is 1. The summed E-state index contributed by atoms with van der Waals surface area (Å²) in [7, 11) is 0. The summed E-state index contributed by atoms with van der Waals surface area (Å²) < 4.78 is 24.9. The molecule has 4 rings (SSSR count). The normalized spacial score (nSPS) is 12.0. The van der Waals surface area contributed by atoms with Crippen LogP contribution in [0.1, 0.15) is 23.6 Å². The van der Waals surface area contributed by atoms with Crippen molar-refractivity contribution < 1.29 is 23.8 Å². The summed E-state index contributed by atoms with van der Waals surface area (Å²) >= 11 is 6.09. The van der Waals surface area contributed by atoms with Crippen molar-refractivity contribution in [2.75, 3.05) is 6.61 Å². The molecule has 0 aliphatic carbocycles. The number of ether oxygens (including phenoxy) is 2. The second-order valence-electron chi connectivity index (χ2n) is 8.07. The minimum Gasteiger partial charge on any atom is -0.490 e. The van der Waals surface area contributed by atoms with Gasteiger partial charge >= 0.3 is 5.97 Å². The van der Waals surface area contributed by atoms with Gasteiger partial charge in [0.05, 0.1) is 11.6 Å². The van der Waals surface area contributed by atoms with Crippen molar-refractivity contribution in [2.45, 2.75) is 32.5 Å². The summed E-state index contributed by atoms with van der Waals surface area (Å²) in [5, 5.41) is 14.2. The zero-order valence-corrected chi connectivity index (χ0v) is 19.9. The number of halogens is 2. The second-order valence-corrected chi connectivity index (χ2v) is 8.48. The quantitative estimate of drug-likeness (QED) is 0.247. The molecule has 35 heavy (non-hydrogen) atoms. The molecule has 1 aromatic heterocycles. The molecular weight excluding hydrogens is 471 g/mol. The number of carboxylic acids is 1. The van der Waals surface area contributed by atoms with E-state index in [1.54, 1.807) is 12.1 Å². The topological polar surface area (TPSA) is 83.6 Å². The Morgan fingerprint density at radius 3 is 2.69 bits per heavy atom. The number of benzene rings is 3. The van der Waals surface area contributed by atoms with Gasteiger partial charge in [-0.05, 0) is 48.4 Å². The Hall–Kier alpha value is -3.55. The maximum absolute atomic E-state index is 13.3. The Balaban J connectivity index is 1.43. The van der Waals surface area contributed by atoms with Crippen LogP contribution in [0.15, 0.2) is 66.9 Å². The molecule has 1 atom stereocenters. The van der Waals surface area contributed by atoms with E-state index in [0.717, 1.165) is 22.0 Å². The molecule has 0 bridgehead atoms. The molecule has 0 saturated carbocycles. The molecule has 4 aromatic rings. The van der Waals surface area contributed by atoms with Crippen molar-refractivity contribution in [2.24, 2.45) is 0 Å². The highest BCUT2D eigenvalue weighted by atomic mass is 35.5.